The molecule has 3 nitrogen and oxygen atoms in total. The zero-order chi connectivity index (χ0) is 17.9. The topological polar surface area (TPSA) is 42.0 Å². The van der Waals surface area contributed by atoms with E-state index in [0.29, 0.717) is 5.56 Å². The third-order valence-corrected chi connectivity index (χ3v) is 5.92. The van der Waals surface area contributed by atoms with E-state index < -0.39 is 0 Å². The van der Waals surface area contributed by atoms with Crippen molar-refractivity contribution in [3.63, 3.8) is 0 Å². The standard InChI is InChI=1S/C21H16N2OS2/c1-25-18-12-6-3-9-15(18)20(24)22-16-10-4-2-8-14(16)21-23-17-11-5-7-13-19(17)26-21/h2-13H,1H3,(H,22,24). The van der Waals surface area contributed by atoms with Crippen LogP contribution in [0.4, 0.5) is 5.69 Å². The number of aromatic nitrogens is 1. The van der Waals surface area contributed by atoms with Gasteiger partial charge in [0.05, 0.1) is 21.5 Å². The number of thioether (sulfide) groups is 1. The summed E-state index contributed by atoms with van der Waals surface area (Å²) in [5, 5.41) is 3.96. The highest BCUT2D eigenvalue weighted by Crippen LogP contribution is 2.34. The zero-order valence-electron chi connectivity index (χ0n) is 14.1. The first-order chi connectivity index (χ1) is 12.8. The monoisotopic (exact) mass is 376 g/mol. The van der Waals surface area contributed by atoms with E-state index in [2.05, 4.69) is 11.4 Å². The first-order valence-corrected chi connectivity index (χ1v) is 10.2. The second-order valence-electron chi connectivity index (χ2n) is 5.69. The molecule has 26 heavy (non-hydrogen) atoms. The fraction of sp³-hybridized carbons (Fsp3) is 0.0476. The average molecular weight is 377 g/mol. The lowest BCUT2D eigenvalue weighted by Gasteiger charge is -2.11. The fourth-order valence-corrected chi connectivity index (χ4v) is 4.39. The van der Waals surface area contributed by atoms with Gasteiger partial charge in [-0.05, 0) is 42.7 Å². The van der Waals surface area contributed by atoms with Gasteiger partial charge in [0.25, 0.3) is 5.91 Å². The van der Waals surface area contributed by atoms with Crippen molar-refractivity contribution < 1.29 is 4.79 Å². The van der Waals surface area contributed by atoms with E-state index in [4.69, 9.17) is 4.98 Å². The predicted octanol–water partition coefficient (Wildman–Crippen LogP) is 5.94. The number of carbonyl (C=O) groups excluding carboxylic acids is 1. The Hall–Kier alpha value is -2.63. The largest absolute Gasteiger partial charge is 0.321 e. The summed E-state index contributed by atoms with van der Waals surface area (Å²) in [7, 11) is 0. The Balaban J connectivity index is 1.71. The SMILES string of the molecule is CSc1ccccc1C(=O)Nc1ccccc1-c1nc2ccccc2s1. The Labute approximate surface area is 160 Å². The number of nitrogens with zero attached hydrogens (tertiary/aromatic N) is 1. The molecule has 1 aromatic heterocycles. The second-order valence-corrected chi connectivity index (χ2v) is 7.57. The molecule has 5 heteroatoms. The van der Waals surface area contributed by atoms with Crippen molar-refractivity contribution in [3.05, 3.63) is 78.4 Å². The van der Waals surface area contributed by atoms with Gasteiger partial charge in [-0.3, -0.25) is 4.79 Å². The van der Waals surface area contributed by atoms with E-state index in [1.54, 1.807) is 23.1 Å². The summed E-state index contributed by atoms with van der Waals surface area (Å²) >= 11 is 3.20. The lowest BCUT2D eigenvalue weighted by Crippen LogP contribution is -2.13. The van der Waals surface area contributed by atoms with Crippen LogP contribution in [0, 0.1) is 0 Å². The van der Waals surface area contributed by atoms with Crippen molar-refractivity contribution >= 4 is 44.9 Å². The summed E-state index contributed by atoms with van der Waals surface area (Å²) in [4.78, 5) is 18.5. The van der Waals surface area contributed by atoms with Crippen molar-refractivity contribution in [2.45, 2.75) is 4.90 Å². The molecule has 1 amide bonds. The number of carbonyl (C=O) groups is 1. The summed E-state index contributed by atoms with van der Waals surface area (Å²) < 4.78 is 1.14. The van der Waals surface area contributed by atoms with Gasteiger partial charge in [0.2, 0.25) is 0 Å². The maximum atomic E-state index is 12.8. The number of nitrogens with one attached hydrogen (secondary N) is 1. The Kier molecular flexibility index (Phi) is 4.73. The van der Waals surface area contributed by atoms with Crippen LogP contribution in [0.1, 0.15) is 10.4 Å². The minimum absolute atomic E-state index is 0.108. The van der Waals surface area contributed by atoms with E-state index in [1.807, 2.05) is 73.0 Å². The number of benzene rings is 3. The molecule has 0 bridgehead atoms. The van der Waals surface area contributed by atoms with Crippen LogP contribution in [0.2, 0.25) is 0 Å². The molecule has 1 heterocycles. The zero-order valence-corrected chi connectivity index (χ0v) is 15.7. The quantitative estimate of drug-likeness (QED) is 0.448. The number of para-hydroxylation sites is 2. The van der Waals surface area contributed by atoms with Gasteiger partial charge in [-0.1, -0.05) is 36.4 Å². The smallest absolute Gasteiger partial charge is 0.256 e. The number of hydrogen-bond acceptors (Lipinski definition) is 4. The number of anilines is 1. The molecule has 128 valence electrons. The van der Waals surface area contributed by atoms with Crippen molar-refractivity contribution in [2.24, 2.45) is 0 Å². The van der Waals surface area contributed by atoms with Gasteiger partial charge >= 0.3 is 0 Å². The molecule has 4 aromatic rings. The van der Waals surface area contributed by atoms with Crippen molar-refractivity contribution in [2.75, 3.05) is 11.6 Å². The van der Waals surface area contributed by atoms with Crippen LogP contribution in [0.3, 0.4) is 0 Å². The highest BCUT2D eigenvalue weighted by atomic mass is 32.2. The molecule has 4 rings (SSSR count). The van der Waals surface area contributed by atoms with E-state index in [9.17, 15) is 4.79 Å². The van der Waals surface area contributed by atoms with Gasteiger partial charge in [-0.2, -0.15) is 0 Å². The normalized spacial score (nSPS) is 10.8. The molecule has 0 aliphatic heterocycles. The van der Waals surface area contributed by atoms with Gasteiger partial charge < -0.3 is 5.32 Å². The van der Waals surface area contributed by atoms with Gasteiger partial charge in [-0.15, -0.1) is 23.1 Å². The van der Waals surface area contributed by atoms with Crippen LogP contribution in [0.5, 0.6) is 0 Å². The molecule has 1 N–H and O–H groups in total. The van der Waals surface area contributed by atoms with Crippen LogP contribution < -0.4 is 5.32 Å². The Morgan fingerprint density at radius 1 is 0.962 bits per heavy atom. The molecular weight excluding hydrogens is 360 g/mol. The summed E-state index contributed by atoms with van der Waals surface area (Å²) in [5.74, 6) is -0.108. The Bertz CT molecular complexity index is 1060. The Morgan fingerprint density at radius 2 is 1.69 bits per heavy atom. The van der Waals surface area contributed by atoms with Gasteiger partial charge in [0.1, 0.15) is 5.01 Å². The molecule has 0 fully saturated rings. The van der Waals surface area contributed by atoms with Gasteiger partial charge in [-0.25, -0.2) is 4.98 Å². The minimum atomic E-state index is -0.108. The minimum Gasteiger partial charge on any atom is -0.321 e. The van der Waals surface area contributed by atoms with Gasteiger partial charge in [0.15, 0.2) is 0 Å². The fourth-order valence-electron chi connectivity index (χ4n) is 2.79. The van der Waals surface area contributed by atoms with Crippen LogP contribution in [-0.4, -0.2) is 17.1 Å². The van der Waals surface area contributed by atoms with Crippen LogP contribution in [0.25, 0.3) is 20.8 Å². The molecule has 0 aliphatic carbocycles. The number of hydrogen-bond donors (Lipinski definition) is 1. The molecule has 0 aliphatic rings. The summed E-state index contributed by atoms with van der Waals surface area (Å²) in [6, 6.07) is 23.5. The predicted molar refractivity (Wildman–Crippen MR) is 111 cm³/mol. The van der Waals surface area contributed by atoms with E-state index >= 15 is 0 Å². The third-order valence-electron chi connectivity index (χ3n) is 4.05. The lowest BCUT2D eigenvalue weighted by atomic mass is 10.1. The highest BCUT2D eigenvalue weighted by Gasteiger charge is 2.15. The molecule has 0 unspecified atom stereocenters. The van der Waals surface area contributed by atoms with E-state index in [-0.39, 0.29) is 5.91 Å². The lowest BCUT2D eigenvalue weighted by molar-refractivity contribution is 0.102. The Morgan fingerprint density at radius 3 is 2.54 bits per heavy atom. The van der Waals surface area contributed by atoms with Gasteiger partial charge in [0, 0.05) is 10.5 Å². The van der Waals surface area contributed by atoms with Crippen molar-refractivity contribution in [3.8, 4) is 10.6 Å². The number of amides is 1. The average Bonchev–Trinajstić information content (AvgIpc) is 3.12. The van der Waals surface area contributed by atoms with Crippen LogP contribution >= 0.6 is 23.1 Å². The van der Waals surface area contributed by atoms with Crippen molar-refractivity contribution in [1.82, 2.24) is 4.98 Å². The first kappa shape index (κ1) is 16.8. The number of thiazole rings is 1. The molecule has 0 radical (unpaired) electrons. The molecular formula is C21H16N2OS2. The first-order valence-electron chi connectivity index (χ1n) is 8.15. The van der Waals surface area contributed by atoms with E-state index in [0.717, 1.165) is 31.4 Å². The third kappa shape index (κ3) is 3.23. The molecule has 0 atom stereocenters. The maximum Gasteiger partial charge on any atom is 0.256 e. The van der Waals surface area contributed by atoms with Crippen LogP contribution in [0.15, 0.2) is 77.7 Å². The van der Waals surface area contributed by atoms with Crippen molar-refractivity contribution in [1.29, 1.82) is 0 Å². The maximum absolute atomic E-state index is 12.8. The molecule has 0 saturated heterocycles. The highest BCUT2D eigenvalue weighted by molar-refractivity contribution is 7.98. The second kappa shape index (κ2) is 7.32. The molecule has 0 saturated carbocycles. The molecule has 3 aromatic carbocycles. The number of fused-ring (bicyclic) bond motifs is 1. The summed E-state index contributed by atoms with van der Waals surface area (Å²) in [6.07, 6.45) is 1.97. The summed E-state index contributed by atoms with van der Waals surface area (Å²) in [5.41, 5.74) is 3.36. The van der Waals surface area contributed by atoms with E-state index in [1.165, 1.54) is 0 Å². The summed E-state index contributed by atoms with van der Waals surface area (Å²) in [6.45, 7) is 0. The molecule has 0 spiro atoms. The van der Waals surface area contributed by atoms with Crippen LogP contribution in [-0.2, 0) is 0 Å². The number of rotatable bonds is 4.